The second kappa shape index (κ2) is 8.55. The van der Waals surface area contributed by atoms with Gasteiger partial charge in [-0.2, -0.15) is 0 Å². The van der Waals surface area contributed by atoms with Crippen molar-refractivity contribution in [1.29, 1.82) is 0 Å². The first-order chi connectivity index (χ1) is 14.9. The van der Waals surface area contributed by atoms with Gasteiger partial charge in [-0.3, -0.25) is 4.79 Å². The Morgan fingerprint density at radius 3 is 2.68 bits per heavy atom. The van der Waals surface area contributed by atoms with Gasteiger partial charge in [-0.25, -0.2) is 9.18 Å². The van der Waals surface area contributed by atoms with E-state index in [9.17, 15) is 19.1 Å². The van der Waals surface area contributed by atoms with Crippen LogP contribution in [-0.4, -0.2) is 40.9 Å². The predicted octanol–water partition coefficient (Wildman–Crippen LogP) is 3.12. The molecule has 166 valence electrons. The summed E-state index contributed by atoms with van der Waals surface area (Å²) in [4.78, 5) is 25.7. The molecule has 1 aromatic heterocycles. The topological polar surface area (TPSA) is 80.6 Å². The molecule has 0 unspecified atom stereocenters. The summed E-state index contributed by atoms with van der Waals surface area (Å²) in [6, 6.07) is 7.30. The highest BCUT2D eigenvalue weighted by Crippen LogP contribution is 2.49. The van der Waals surface area contributed by atoms with Crippen LogP contribution in [0.4, 0.5) is 4.39 Å². The molecule has 2 aliphatic rings. The highest BCUT2D eigenvalue weighted by molar-refractivity contribution is 5.97. The van der Waals surface area contributed by atoms with E-state index in [0.717, 1.165) is 32.2 Å². The molecule has 1 aliphatic heterocycles. The number of hydrogen-bond donors (Lipinski definition) is 2. The zero-order valence-electron chi connectivity index (χ0n) is 17.8. The molecule has 1 aliphatic carbocycles. The lowest BCUT2D eigenvalue weighted by Crippen LogP contribution is -2.60. The monoisotopic (exact) mass is 428 g/mol. The van der Waals surface area contributed by atoms with Crippen LogP contribution in [0.25, 0.3) is 11.1 Å². The van der Waals surface area contributed by atoms with Gasteiger partial charge in [0.05, 0.1) is 24.3 Å². The van der Waals surface area contributed by atoms with Crippen LogP contribution in [-0.2, 0) is 11.3 Å². The number of benzene rings is 1. The summed E-state index contributed by atoms with van der Waals surface area (Å²) in [5.74, 6) is -1.14. The average molecular weight is 429 g/mol. The van der Waals surface area contributed by atoms with Gasteiger partial charge in [-0.1, -0.05) is 31.0 Å². The van der Waals surface area contributed by atoms with Crippen LogP contribution in [0.5, 0.6) is 0 Å². The van der Waals surface area contributed by atoms with Crippen molar-refractivity contribution < 1.29 is 19.0 Å². The van der Waals surface area contributed by atoms with Gasteiger partial charge >= 0.3 is 5.97 Å². The quantitative estimate of drug-likeness (QED) is 0.716. The Hall–Kier alpha value is -2.51. The summed E-state index contributed by atoms with van der Waals surface area (Å²) < 4.78 is 21.0. The third-order valence-electron chi connectivity index (χ3n) is 6.94. The molecule has 1 atom stereocenters. The van der Waals surface area contributed by atoms with Crippen molar-refractivity contribution in [2.24, 2.45) is 5.41 Å². The molecule has 1 aromatic carbocycles. The molecule has 0 radical (unpaired) electrons. The van der Waals surface area contributed by atoms with Crippen molar-refractivity contribution >= 4 is 5.97 Å². The number of nitrogens with zero attached hydrogens (tertiary/aromatic N) is 1. The van der Waals surface area contributed by atoms with Crippen molar-refractivity contribution in [2.75, 3.05) is 19.7 Å². The van der Waals surface area contributed by atoms with Crippen molar-refractivity contribution in [3.8, 4) is 11.1 Å². The minimum Gasteiger partial charge on any atom is -0.462 e. The molecular weight excluding hydrogens is 399 g/mol. The van der Waals surface area contributed by atoms with Gasteiger partial charge in [0.2, 0.25) is 0 Å². The molecule has 2 N–H and O–H groups in total. The molecule has 4 rings (SSSR count). The molecule has 1 saturated carbocycles. The summed E-state index contributed by atoms with van der Waals surface area (Å²) in [6.07, 6.45) is 5.87. The highest BCUT2D eigenvalue weighted by atomic mass is 19.1. The molecule has 7 heteroatoms. The lowest BCUT2D eigenvalue weighted by molar-refractivity contribution is -0.115. The van der Waals surface area contributed by atoms with Crippen LogP contribution in [0.15, 0.2) is 41.3 Å². The predicted molar refractivity (Wildman–Crippen MR) is 115 cm³/mol. The third kappa shape index (κ3) is 3.92. The first-order valence-corrected chi connectivity index (χ1v) is 11.0. The Bertz CT molecular complexity index is 1030. The number of carbonyl (C=O) groups excluding carboxylic acids is 1. The number of ether oxygens (including phenoxy) is 1. The zero-order valence-corrected chi connectivity index (χ0v) is 17.8. The van der Waals surface area contributed by atoms with Gasteiger partial charge in [0.15, 0.2) is 0 Å². The zero-order chi connectivity index (χ0) is 22.1. The second-order valence-electron chi connectivity index (χ2n) is 8.71. The van der Waals surface area contributed by atoms with Crippen LogP contribution in [0, 0.1) is 11.2 Å². The number of nitrogens with one attached hydrogen (secondary N) is 1. The number of aromatic nitrogens is 1. The van der Waals surface area contributed by atoms with Crippen molar-refractivity contribution in [2.45, 2.75) is 51.2 Å². The van der Waals surface area contributed by atoms with E-state index in [1.54, 1.807) is 19.1 Å². The van der Waals surface area contributed by atoms with Gasteiger partial charge in [-0.15, -0.1) is 0 Å². The Morgan fingerprint density at radius 1 is 1.23 bits per heavy atom. The Balaban J connectivity index is 1.79. The smallest absolute Gasteiger partial charge is 0.340 e. The van der Waals surface area contributed by atoms with E-state index in [-0.39, 0.29) is 40.8 Å². The molecule has 0 amide bonds. The Kier molecular flexibility index (Phi) is 5.99. The van der Waals surface area contributed by atoms with Crippen LogP contribution in [0.1, 0.15) is 49.4 Å². The summed E-state index contributed by atoms with van der Waals surface area (Å²) in [7, 11) is 0. The molecule has 2 fully saturated rings. The molecule has 6 nitrogen and oxygen atoms in total. The van der Waals surface area contributed by atoms with E-state index in [2.05, 4.69) is 5.32 Å². The molecular formula is C24H29FN2O4. The number of pyridine rings is 1. The summed E-state index contributed by atoms with van der Waals surface area (Å²) in [5.41, 5.74) is -1.23. The van der Waals surface area contributed by atoms with E-state index in [1.807, 2.05) is 0 Å². The third-order valence-corrected chi connectivity index (χ3v) is 6.94. The average Bonchev–Trinajstić information content (AvgIpc) is 3.22. The molecule has 2 heterocycles. The minimum atomic E-state index is -1.05. The minimum absolute atomic E-state index is 0.0947. The lowest BCUT2D eigenvalue weighted by atomic mass is 9.66. The molecule has 0 bridgehead atoms. The van der Waals surface area contributed by atoms with Crippen molar-refractivity contribution in [1.82, 2.24) is 9.88 Å². The fourth-order valence-electron chi connectivity index (χ4n) is 5.25. The normalized spacial score (nSPS) is 22.5. The number of rotatable bonds is 5. The van der Waals surface area contributed by atoms with E-state index in [1.165, 1.54) is 29.0 Å². The Morgan fingerprint density at radius 2 is 1.97 bits per heavy atom. The van der Waals surface area contributed by atoms with E-state index in [4.69, 9.17) is 4.74 Å². The van der Waals surface area contributed by atoms with E-state index in [0.29, 0.717) is 13.0 Å². The number of piperidine rings is 1. The number of carbonyl (C=O) groups is 1. The van der Waals surface area contributed by atoms with Crippen molar-refractivity contribution in [3.05, 3.63) is 58.3 Å². The van der Waals surface area contributed by atoms with E-state index < -0.39 is 17.4 Å². The number of hydrogen-bond acceptors (Lipinski definition) is 5. The second-order valence-corrected chi connectivity index (χ2v) is 8.71. The number of halogens is 1. The van der Waals surface area contributed by atoms with Gasteiger partial charge in [-0.05, 0) is 38.8 Å². The molecule has 2 aromatic rings. The van der Waals surface area contributed by atoms with Crippen LogP contribution in [0.3, 0.4) is 0 Å². The maximum Gasteiger partial charge on any atom is 0.340 e. The van der Waals surface area contributed by atoms with Gasteiger partial charge in [0, 0.05) is 35.3 Å². The number of aliphatic hydroxyl groups is 1. The maximum absolute atomic E-state index is 14.5. The molecule has 1 spiro atoms. The van der Waals surface area contributed by atoms with Crippen LogP contribution < -0.4 is 10.9 Å². The van der Waals surface area contributed by atoms with Crippen LogP contribution in [0.2, 0.25) is 0 Å². The van der Waals surface area contributed by atoms with E-state index >= 15 is 0 Å². The standard InChI is InChI=1S/C24H29FN2O4/c1-2-31-22(29)19-14-27(21(28)13-18(19)17-7-3-4-8-20(17)25)16-24(30)11-12-26-15-23(24)9-5-6-10-23/h3-4,7-8,13-14,26,30H,2,5-6,9-12,15-16H2,1H3/t24-/m1/s1. The van der Waals surface area contributed by atoms with Gasteiger partial charge < -0.3 is 19.7 Å². The first-order valence-electron chi connectivity index (χ1n) is 11.0. The molecule has 1 saturated heterocycles. The fourth-order valence-corrected chi connectivity index (χ4v) is 5.25. The summed E-state index contributed by atoms with van der Waals surface area (Å²) in [6.45, 7) is 3.34. The van der Waals surface area contributed by atoms with Gasteiger partial charge in [0.1, 0.15) is 5.82 Å². The maximum atomic E-state index is 14.5. The first kappa shape index (κ1) is 21.7. The summed E-state index contributed by atoms with van der Waals surface area (Å²) in [5, 5.41) is 15.1. The fraction of sp³-hybridized carbons (Fsp3) is 0.500. The number of esters is 1. The van der Waals surface area contributed by atoms with Gasteiger partial charge in [0.25, 0.3) is 5.56 Å². The van der Waals surface area contributed by atoms with Crippen LogP contribution >= 0.6 is 0 Å². The molecule has 31 heavy (non-hydrogen) atoms. The Labute approximate surface area is 181 Å². The SMILES string of the molecule is CCOC(=O)c1cn(C[C@]2(O)CCNCC23CCCC3)c(=O)cc1-c1ccccc1F. The summed E-state index contributed by atoms with van der Waals surface area (Å²) >= 11 is 0. The van der Waals surface area contributed by atoms with Crippen molar-refractivity contribution in [3.63, 3.8) is 0 Å². The lowest BCUT2D eigenvalue weighted by Gasteiger charge is -2.49. The highest BCUT2D eigenvalue weighted by Gasteiger charge is 2.53. The largest absolute Gasteiger partial charge is 0.462 e.